The zero-order valence-corrected chi connectivity index (χ0v) is 12.6. The van der Waals surface area contributed by atoms with Crippen LogP contribution in [-0.2, 0) is 0 Å². The van der Waals surface area contributed by atoms with Gasteiger partial charge in [-0.1, -0.05) is 31.5 Å². The zero-order valence-electron chi connectivity index (χ0n) is 11.8. The molecule has 104 valence electrons. The van der Waals surface area contributed by atoms with Gasteiger partial charge in [0, 0.05) is 17.8 Å². The Labute approximate surface area is 121 Å². The average Bonchev–Trinajstić information content (AvgIpc) is 2.69. The minimum atomic E-state index is 0.123. The molecule has 0 saturated carbocycles. The van der Waals surface area contributed by atoms with Crippen LogP contribution in [0.5, 0.6) is 5.75 Å². The predicted molar refractivity (Wildman–Crippen MR) is 82.7 cm³/mol. The van der Waals surface area contributed by atoms with E-state index >= 15 is 0 Å². The van der Waals surface area contributed by atoms with E-state index < -0.39 is 0 Å². The first-order valence-electron chi connectivity index (χ1n) is 6.75. The van der Waals surface area contributed by atoms with Gasteiger partial charge >= 0.3 is 0 Å². The summed E-state index contributed by atoms with van der Waals surface area (Å²) in [6.45, 7) is 4.00. The van der Waals surface area contributed by atoms with Gasteiger partial charge in [-0.2, -0.15) is 0 Å². The third kappa shape index (κ3) is 5.39. The maximum absolute atomic E-state index is 5.88. The van der Waals surface area contributed by atoms with Gasteiger partial charge in [0.2, 0.25) is 0 Å². The minimum absolute atomic E-state index is 0.123. The van der Waals surface area contributed by atoms with Gasteiger partial charge in [-0.05, 0) is 49.3 Å². The van der Waals surface area contributed by atoms with Crippen LogP contribution in [0.3, 0.4) is 0 Å². The van der Waals surface area contributed by atoms with Gasteiger partial charge in [0.25, 0.3) is 0 Å². The summed E-state index contributed by atoms with van der Waals surface area (Å²) >= 11 is 5.83. The first kappa shape index (κ1) is 15.6. The van der Waals surface area contributed by atoms with E-state index in [1.165, 1.54) is 5.70 Å². The van der Waals surface area contributed by atoms with Crippen molar-refractivity contribution in [3.05, 3.63) is 53.2 Å². The van der Waals surface area contributed by atoms with Crippen LogP contribution in [0, 0.1) is 0 Å². The SMILES string of the molecule is CC.CNC1=CC=CC(Oc2ccc(Cl)cc2)CC1. The van der Waals surface area contributed by atoms with Crippen LogP contribution in [0.15, 0.2) is 48.2 Å². The Morgan fingerprint density at radius 3 is 2.53 bits per heavy atom. The van der Waals surface area contributed by atoms with Gasteiger partial charge in [-0.25, -0.2) is 0 Å². The lowest BCUT2D eigenvalue weighted by Crippen LogP contribution is -2.14. The molecule has 1 aliphatic carbocycles. The largest absolute Gasteiger partial charge is 0.486 e. The van der Waals surface area contributed by atoms with E-state index in [4.69, 9.17) is 16.3 Å². The average molecular weight is 280 g/mol. The molecular formula is C16H22ClNO. The summed E-state index contributed by atoms with van der Waals surface area (Å²) in [5, 5.41) is 3.90. The van der Waals surface area contributed by atoms with Crippen molar-refractivity contribution < 1.29 is 4.74 Å². The first-order valence-corrected chi connectivity index (χ1v) is 7.13. The second-order valence-corrected chi connectivity index (χ2v) is 4.41. The summed E-state index contributed by atoms with van der Waals surface area (Å²) in [5.41, 5.74) is 1.24. The van der Waals surface area contributed by atoms with E-state index in [2.05, 4.69) is 17.5 Å². The van der Waals surface area contributed by atoms with Crippen LogP contribution in [0.2, 0.25) is 5.02 Å². The summed E-state index contributed by atoms with van der Waals surface area (Å²) in [5.74, 6) is 0.858. The summed E-state index contributed by atoms with van der Waals surface area (Å²) < 4.78 is 5.88. The van der Waals surface area contributed by atoms with Crippen LogP contribution in [0.4, 0.5) is 0 Å². The van der Waals surface area contributed by atoms with Gasteiger partial charge in [-0.15, -0.1) is 0 Å². The monoisotopic (exact) mass is 279 g/mol. The Morgan fingerprint density at radius 1 is 1.21 bits per heavy atom. The van der Waals surface area contributed by atoms with E-state index in [1.54, 1.807) is 0 Å². The molecule has 1 atom stereocenters. The number of hydrogen-bond acceptors (Lipinski definition) is 2. The van der Waals surface area contributed by atoms with Crippen molar-refractivity contribution in [3.8, 4) is 5.75 Å². The molecule has 0 bridgehead atoms. The molecule has 0 fully saturated rings. The van der Waals surface area contributed by atoms with Gasteiger partial charge in [-0.3, -0.25) is 0 Å². The highest BCUT2D eigenvalue weighted by atomic mass is 35.5. The fourth-order valence-electron chi connectivity index (χ4n) is 1.77. The highest BCUT2D eigenvalue weighted by molar-refractivity contribution is 6.30. The molecule has 2 nitrogen and oxygen atoms in total. The van der Waals surface area contributed by atoms with Gasteiger partial charge in [0.1, 0.15) is 11.9 Å². The number of hydrogen-bond donors (Lipinski definition) is 1. The molecule has 2 rings (SSSR count). The van der Waals surface area contributed by atoms with Crippen LogP contribution in [0.25, 0.3) is 0 Å². The number of benzene rings is 1. The Kier molecular flexibility index (Phi) is 7.12. The maximum atomic E-state index is 5.88. The molecule has 1 aromatic rings. The van der Waals surface area contributed by atoms with Crippen molar-refractivity contribution >= 4 is 11.6 Å². The second-order valence-electron chi connectivity index (χ2n) is 3.98. The van der Waals surface area contributed by atoms with Crippen molar-refractivity contribution in [2.45, 2.75) is 32.8 Å². The molecule has 19 heavy (non-hydrogen) atoms. The van der Waals surface area contributed by atoms with E-state index in [-0.39, 0.29) is 6.10 Å². The molecular weight excluding hydrogens is 258 g/mol. The summed E-state index contributed by atoms with van der Waals surface area (Å²) in [6.07, 6.45) is 8.32. The summed E-state index contributed by atoms with van der Waals surface area (Å²) in [7, 11) is 1.94. The van der Waals surface area contributed by atoms with Crippen LogP contribution >= 0.6 is 11.6 Å². The third-order valence-corrected chi connectivity index (χ3v) is 3.00. The lowest BCUT2D eigenvalue weighted by molar-refractivity contribution is 0.239. The number of rotatable bonds is 3. The lowest BCUT2D eigenvalue weighted by atomic mass is 10.2. The van der Waals surface area contributed by atoms with E-state index in [0.29, 0.717) is 0 Å². The molecule has 0 amide bonds. The second kappa shape index (κ2) is 8.65. The zero-order chi connectivity index (χ0) is 14.1. The maximum Gasteiger partial charge on any atom is 0.120 e. The van der Waals surface area contributed by atoms with Gasteiger partial charge < -0.3 is 10.1 Å². The number of allylic oxidation sites excluding steroid dienone is 3. The van der Waals surface area contributed by atoms with Crippen molar-refractivity contribution in [2.24, 2.45) is 0 Å². The van der Waals surface area contributed by atoms with Crippen LogP contribution in [0.1, 0.15) is 26.7 Å². The first-order chi connectivity index (χ1) is 9.28. The number of halogens is 1. The molecule has 1 aliphatic rings. The molecule has 1 unspecified atom stereocenters. The Bertz CT molecular complexity index is 423. The highest BCUT2D eigenvalue weighted by Crippen LogP contribution is 2.20. The van der Waals surface area contributed by atoms with Gasteiger partial charge in [0.15, 0.2) is 0 Å². The molecule has 0 heterocycles. The van der Waals surface area contributed by atoms with E-state index in [1.807, 2.05) is 51.2 Å². The number of nitrogens with one attached hydrogen (secondary N) is 1. The fourth-order valence-corrected chi connectivity index (χ4v) is 1.89. The smallest absolute Gasteiger partial charge is 0.120 e. The number of ether oxygens (including phenoxy) is 1. The van der Waals surface area contributed by atoms with Crippen molar-refractivity contribution in [1.82, 2.24) is 5.32 Å². The summed E-state index contributed by atoms with van der Waals surface area (Å²) in [4.78, 5) is 0. The fraction of sp³-hybridized carbons (Fsp3) is 0.375. The standard InChI is InChI=1S/C14H16ClNO.C2H6/c1-16-12-3-2-4-13(10-7-12)17-14-8-5-11(15)6-9-14;1-2/h2-6,8-9,13,16H,7,10H2,1H3;1-2H3. The van der Waals surface area contributed by atoms with Crippen molar-refractivity contribution in [1.29, 1.82) is 0 Å². The van der Waals surface area contributed by atoms with Gasteiger partial charge in [0.05, 0.1) is 0 Å². The van der Waals surface area contributed by atoms with E-state index in [9.17, 15) is 0 Å². The Hall–Kier alpha value is -1.41. The Morgan fingerprint density at radius 2 is 1.89 bits per heavy atom. The Balaban J connectivity index is 0.000000861. The normalized spacial score (nSPS) is 17.7. The van der Waals surface area contributed by atoms with Crippen LogP contribution < -0.4 is 10.1 Å². The van der Waals surface area contributed by atoms with Crippen molar-refractivity contribution in [3.63, 3.8) is 0 Å². The minimum Gasteiger partial charge on any atom is -0.486 e. The molecule has 0 aromatic heterocycles. The molecule has 0 radical (unpaired) electrons. The summed E-state index contributed by atoms with van der Waals surface area (Å²) in [6, 6.07) is 7.48. The molecule has 3 heteroatoms. The molecule has 0 saturated heterocycles. The van der Waals surface area contributed by atoms with Crippen molar-refractivity contribution in [2.75, 3.05) is 7.05 Å². The molecule has 0 spiro atoms. The molecule has 1 N–H and O–H groups in total. The quantitative estimate of drug-likeness (QED) is 0.875. The topological polar surface area (TPSA) is 21.3 Å². The molecule has 0 aliphatic heterocycles. The highest BCUT2D eigenvalue weighted by Gasteiger charge is 2.10. The van der Waals surface area contributed by atoms with E-state index in [0.717, 1.165) is 23.6 Å². The predicted octanol–water partition coefficient (Wildman–Crippen LogP) is 4.57. The van der Waals surface area contributed by atoms with Crippen LogP contribution in [-0.4, -0.2) is 13.2 Å². The lowest BCUT2D eigenvalue weighted by Gasteiger charge is -2.15. The third-order valence-electron chi connectivity index (χ3n) is 2.74. The molecule has 1 aromatic carbocycles.